The first kappa shape index (κ1) is 19.7. The van der Waals surface area contributed by atoms with Gasteiger partial charge in [-0.2, -0.15) is 0 Å². The summed E-state index contributed by atoms with van der Waals surface area (Å²) in [5.41, 5.74) is 1.93. The number of para-hydroxylation sites is 1. The van der Waals surface area contributed by atoms with Gasteiger partial charge in [0.05, 0.1) is 16.3 Å². The Morgan fingerprint density at radius 2 is 1.96 bits per heavy atom. The number of thioether (sulfide) groups is 1. The number of amides is 3. The number of nitrogens with one attached hydrogen (secondary N) is 2. The molecule has 0 spiro atoms. The highest BCUT2D eigenvalue weighted by atomic mass is 32.2. The fraction of sp³-hybridized carbons (Fsp3) is 0.333. The van der Waals surface area contributed by atoms with Gasteiger partial charge in [0.25, 0.3) is 5.91 Å². The van der Waals surface area contributed by atoms with E-state index in [4.69, 9.17) is 4.74 Å². The number of imide groups is 1. The van der Waals surface area contributed by atoms with E-state index in [0.29, 0.717) is 5.03 Å². The van der Waals surface area contributed by atoms with Gasteiger partial charge in [-0.05, 0) is 38.5 Å². The van der Waals surface area contributed by atoms with Crippen molar-refractivity contribution in [3.63, 3.8) is 0 Å². The van der Waals surface area contributed by atoms with E-state index in [1.165, 1.54) is 11.8 Å². The van der Waals surface area contributed by atoms with Crippen molar-refractivity contribution in [3.8, 4) is 0 Å². The van der Waals surface area contributed by atoms with Crippen LogP contribution >= 0.6 is 11.8 Å². The smallest absolute Gasteiger partial charge is 0.321 e. The molecule has 3 amide bonds. The number of carbonyl (C=O) groups excluding carboxylic acids is 3. The summed E-state index contributed by atoms with van der Waals surface area (Å²) in [5.74, 6) is -1.21. The molecular weight excluding hydrogens is 354 g/mol. The Kier molecular flexibility index (Phi) is 6.97. The van der Waals surface area contributed by atoms with E-state index < -0.39 is 24.5 Å². The molecule has 0 saturated heterocycles. The lowest BCUT2D eigenvalue weighted by atomic mass is 10.1. The average Bonchev–Trinajstić information content (AvgIpc) is 2.57. The van der Waals surface area contributed by atoms with Crippen LogP contribution in [-0.2, 0) is 14.3 Å². The number of aryl methyl sites for hydroxylation is 1. The summed E-state index contributed by atoms with van der Waals surface area (Å²) >= 11 is 1.23. The molecule has 2 aromatic rings. The number of carbonyl (C=O) groups is 3. The number of benzene rings is 1. The Hall–Kier alpha value is -2.61. The third-order valence-electron chi connectivity index (χ3n) is 3.27. The molecule has 0 aliphatic carbocycles. The summed E-state index contributed by atoms with van der Waals surface area (Å²) in [6, 6.07) is 8.96. The first-order valence-electron chi connectivity index (χ1n) is 8.10. The molecule has 0 radical (unpaired) electrons. The fourth-order valence-corrected chi connectivity index (χ4v) is 2.95. The van der Waals surface area contributed by atoms with Crippen LogP contribution in [0.4, 0.5) is 4.79 Å². The topological polar surface area (TPSA) is 97.4 Å². The summed E-state index contributed by atoms with van der Waals surface area (Å²) in [5, 5.41) is 6.36. The fourth-order valence-electron chi connectivity index (χ4n) is 2.17. The van der Waals surface area contributed by atoms with E-state index in [2.05, 4.69) is 15.6 Å². The highest BCUT2D eigenvalue weighted by Gasteiger charge is 2.12. The summed E-state index contributed by atoms with van der Waals surface area (Å²) < 4.78 is 4.87. The number of esters is 1. The Morgan fingerprint density at radius 3 is 2.69 bits per heavy atom. The maximum atomic E-state index is 11.8. The lowest BCUT2D eigenvalue weighted by Gasteiger charge is -2.09. The largest absolute Gasteiger partial charge is 0.455 e. The zero-order valence-electron chi connectivity index (χ0n) is 14.9. The number of fused-ring (bicyclic) bond motifs is 1. The van der Waals surface area contributed by atoms with Crippen molar-refractivity contribution in [3.05, 3.63) is 35.9 Å². The molecule has 0 aliphatic heterocycles. The predicted molar refractivity (Wildman–Crippen MR) is 100.0 cm³/mol. The van der Waals surface area contributed by atoms with Crippen molar-refractivity contribution >= 4 is 40.6 Å². The minimum atomic E-state index is -0.679. The minimum absolute atomic E-state index is 0.0241. The van der Waals surface area contributed by atoms with Gasteiger partial charge in [-0.25, -0.2) is 9.78 Å². The number of rotatable bonds is 6. The van der Waals surface area contributed by atoms with Crippen molar-refractivity contribution in [1.29, 1.82) is 0 Å². The van der Waals surface area contributed by atoms with Crippen molar-refractivity contribution in [1.82, 2.24) is 15.6 Å². The van der Waals surface area contributed by atoms with Gasteiger partial charge < -0.3 is 10.1 Å². The molecule has 0 unspecified atom stereocenters. The molecule has 26 heavy (non-hydrogen) atoms. The molecule has 1 aromatic carbocycles. The van der Waals surface area contributed by atoms with Crippen LogP contribution in [0.2, 0.25) is 0 Å². The molecule has 2 rings (SSSR count). The lowest BCUT2D eigenvalue weighted by Crippen LogP contribution is -2.44. The van der Waals surface area contributed by atoms with Crippen LogP contribution in [0.15, 0.2) is 35.4 Å². The number of nitrogens with zero attached hydrogens (tertiary/aromatic N) is 1. The van der Waals surface area contributed by atoms with Crippen LogP contribution in [0.3, 0.4) is 0 Å². The van der Waals surface area contributed by atoms with Gasteiger partial charge in [0.2, 0.25) is 0 Å². The van der Waals surface area contributed by atoms with Gasteiger partial charge in [-0.3, -0.25) is 14.9 Å². The molecule has 0 fully saturated rings. The Labute approximate surface area is 155 Å². The van der Waals surface area contributed by atoms with E-state index >= 15 is 0 Å². The van der Waals surface area contributed by atoms with Crippen LogP contribution in [0, 0.1) is 6.92 Å². The van der Waals surface area contributed by atoms with Crippen LogP contribution in [0.1, 0.15) is 19.4 Å². The number of pyridine rings is 1. The standard InChI is InChI=1S/C18H21N3O4S/c1-11(2)19-18(24)21-15(22)9-25-17(23)10-26-16-8-12(3)13-6-4-5-7-14(13)20-16/h4-8,11H,9-10H2,1-3H3,(H2,19,21,22,24). The molecule has 2 N–H and O–H groups in total. The third kappa shape index (κ3) is 6.03. The van der Waals surface area contributed by atoms with Gasteiger partial charge in [-0.1, -0.05) is 30.0 Å². The van der Waals surface area contributed by atoms with E-state index in [1.807, 2.05) is 37.3 Å². The SMILES string of the molecule is Cc1cc(SCC(=O)OCC(=O)NC(=O)NC(C)C)nc2ccccc12. The van der Waals surface area contributed by atoms with E-state index in [-0.39, 0.29) is 11.8 Å². The molecule has 1 aromatic heterocycles. The number of ether oxygens (including phenoxy) is 1. The monoisotopic (exact) mass is 375 g/mol. The maximum absolute atomic E-state index is 11.8. The zero-order chi connectivity index (χ0) is 19.1. The first-order chi connectivity index (χ1) is 12.3. The van der Waals surface area contributed by atoms with Crippen LogP contribution in [-0.4, -0.2) is 41.3 Å². The Bertz CT molecular complexity index is 823. The zero-order valence-corrected chi connectivity index (χ0v) is 15.7. The highest BCUT2D eigenvalue weighted by molar-refractivity contribution is 7.99. The number of hydrogen-bond acceptors (Lipinski definition) is 6. The van der Waals surface area contributed by atoms with Gasteiger partial charge in [-0.15, -0.1) is 0 Å². The van der Waals surface area contributed by atoms with Gasteiger partial charge in [0, 0.05) is 11.4 Å². The van der Waals surface area contributed by atoms with Crippen molar-refractivity contribution in [2.75, 3.05) is 12.4 Å². The van der Waals surface area contributed by atoms with Gasteiger partial charge in [0.1, 0.15) is 0 Å². The molecular formula is C18H21N3O4S. The van der Waals surface area contributed by atoms with Crippen LogP contribution < -0.4 is 10.6 Å². The summed E-state index contributed by atoms with van der Waals surface area (Å²) in [6.45, 7) is 5.02. The highest BCUT2D eigenvalue weighted by Crippen LogP contribution is 2.23. The maximum Gasteiger partial charge on any atom is 0.321 e. The van der Waals surface area contributed by atoms with E-state index in [0.717, 1.165) is 16.5 Å². The van der Waals surface area contributed by atoms with E-state index in [1.54, 1.807) is 13.8 Å². The summed E-state index contributed by atoms with van der Waals surface area (Å²) in [6.07, 6.45) is 0. The molecule has 1 heterocycles. The molecule has 8 heteroatoms. The third-order valence-corrected chi connectivity index (χ3v) is 4.16. The number of hydrogen-bond donors (Lipinski definition) is 2. The lowest BCUT2D eigenvalue weighted by molar-refractivity contribution is -0.145. The molecule has 0 atom stereocenters. The Morgan fingerprint density at radius 1 is 1.23 bits per heavy atom. The van der Waals surface area contributed by atoms with E-state index in [9.17, 15) is 14.4 Å². The second-order valence-corrected chi connectivity index (χ2v) is 6.92. The molecule has 7 nitrogen and oxygen atoms in total. The molecule has 0 aliphatic rings. The second kappa shape index (κ2) is 9.19. The number of urea groups is 1. The first-order valence-corrected chi connectivity index (χ1v) is 9.09. The molecule has 138 valence electrons. The minimum Gasteiger partial charge on any atom is -0.455 e. The molecule has 0 saturated carbocycles. The second-order valence-electron chi connectivity index (χ2n) is 5.92. The quantitative estimate of drug-likeness (QED) is 0.594. The van der Waals surface area contributed by atoms with Crippen LogP contribution in [0.5, 0.6) is 0 Å². The molecule has 0 bridgehead atoms. The summed E-state index contributed by atoms with van der Waals surface area (Å²) in [4.78, 5) is 39.2. The average molecular weight is 375 g/mol. The normalized spacial score (nSPS) is 10.6. The van der Waals surface area contributed by atoms with Crippen molar-refractivity contribution in [2.45, 2.75) is 31.8 Å². The Balaban J connectivity index is 1.80. The predicted octanol–water partition coefficient (Wildman–Crippen LogP) is 2.41. The van der Waals surface area contributed by atoms with Gasteiger partial charge in [0.15, 0.2) is 6.61 Å². The van der Waals surface area contributed by atoms with Gasteiger partial charge >= 0.3 is 12.0 Å². The van der Waals surface area contributed by atoms with Crippen LogP contribution in [0.25, 0.3) is 10.9 Å². The van der Waals surface area contributed by atoms with Crippen molar-refractivity contribution in [2.24, 2.45) is 0 Å². The van der Waals surface area contributed by atoms with Crippen molar-refractivity contribution < 1.29 is 19.1 Å². The summed E-state index contributed by atoms with van der Waals surface area (Å²) in [7, 11) is 0. The number of aromatic nitrogens is 1.